The van der Waals surface area contributed by atoms with Crippen molar-refractivity contribution in [1.82, 2.24) is 4.98 Å². The number of ether oxygens (including phenoxy) is 1. The lowest BCUT2D eigenvalue weighted by molar-refractivity contribution is -0.132. The summed E-state index contributed by atoms with van der Waals surface area (Å²) < 4.78 is 19.0. The summed E-state index contributed by atoms with van der Waals surface area (Å²) in [5, 5.41) is 11.1. The third-order valence-electron chi connectivity index (χ3n) is 5.02. The molecule has 1 fully saturated rings. The molecule has 0 bridgehead atoms. The Bertz CT molecular complexity index is 1190. The molecule has 160 valence electrons. The summed E-state index contributed by atoms with van der Waals surface area (Å²) in [6.45, 7) is 3.91. The van der Waals surface area contributed by atoms with E-state index in [2.05, 4.69) is 11.6 Å². The van der Waals surface area contributed by atoms with Crippen LogP contribution in [0.3, 0.4) is 0 Å². The average molecular weight is 430 g/mol. The topological polar surface area (TPSA) is 79.7 Å². The van der Waals surface area contributed by atoms with E-state index in [0.29, 0.717) is 23.5 Å². The number of benzene rings is 2. The lowest BCUT2D eigenvalue weighted by atomic mass is 9.95. The molecule has 0 aliphatic carbocycles. The molecule has 1 unspecified atom stereocenters. The van der Waals surface area contributed by atoms with Gasteiger partial charge in [-0.15, -0.1) is 0 Å². The van der Waals surface area contributed by atoms with Crippen LogP contribution in [-0.2, 0) is 9.59 Å². The Morgan fingerprint density at radius 3 is 2.44 bits per heavy atom. The second kappa shape index (κ2) is 8.85. The largest absolute Gasteiger partial charge is 0.507 e. The summed E-state index contributed by atoms with van der Waals surface area (Å²) in [6.07, 6.45) is 3.11. The monoisotopic (exact) mass is 430 g/mol. The first-order valence-electron chi connectivity index (χ1n) is 9.83. The molecule has 2 aromatic carbocycles. The minimum absolute atomic E-state index is 0.105. The maximum atomic E-state index is 13.6. The number of anilines is 1. The summed E-state index contributed by atoms with van der Waals surface area (Å²) in [5.41, 5.74) is 0.692. The van der Waals surface area contributed by atoms with Crippen LogP contribution in [0.25, 0.3) is 5.76 Å². The molecule has 1 aliphatic heterocycles. The Hall–Kier alpha value is -4.26. The zero-order valence-electron chi connectivity index (χ0n) is 16.9. The van der Waals surface area contributed by atoms with Crippen molar-refractivity contribution in [2.75, 3.05) is 11.5 Å². The number of halogens is 1. The molecule has 1 saturated heterocycles. The molecule has 2 heterocycles. The van der Waals surface area contributed by atoms with Gasteiger partial charge in [-0.2, -0.15) is 0 Å². The van der Waals surface area contributed by atoms with Crippen LogP contribution in [0, 0.1) is 5.82 Å². The van der Waals surface area contributed by atoms with Gasteiger partial charge in [-0.1, -0.05) is 30.9 Å². The number of aliphatic hydroxyl groups is 1. The highest BCUT2D eigenvalue weighted by molar-refractivity contribution is 6.51. The normalized spacial score (nSPS) is 17.4. The van der Waals surface area contributed by atoms with Gasteiger partial charge in [-0.05, 0) is 54.1 Å². The molecule has 1 N–H and O–H groups in total. The summed E-state index contributed by atoms with van der Waals surface area (Å²) in [7, 11) is 0. The van der Waals surface area contributed by atoms with Crippen molar-refractivity contribution in [3.8, 4) is 5.75 Å². The number of pyridine rings is 1. The minimum Gasteiger partial charge on any atom is -0.507 e. The van der Waals surface area contributed by atoms with E-state index in [-0.39, 0.29) is 17.2 Å². The van der Waals surface area contributed by atoms with Crippen molar-refractivity contribution in [3.63, 3.8) is 0 Å². The SMILES string of the molecule is C=CCOc1ccc(/C(O)=C2\C(=O)C(=O)N(c3ccccn3)C2c2ccc(F)cc2)cc1. The number of carbonyl (C=O) groups is 2. The van der Waals surface area contributed by atoms with E-state index in [1.54, 1.807) is 48.5 Å². The fourth-order valence-corrected chi connectivity index (χ4v) is 3.55. The van der Waals surface area contributed by atoms with E-state index >= 15 is 0 Å². The first-order valence-corrected chi connectivity index (χ1v) is 9.83. The van der Waals surface area contributed by atoms with Gasteiger partial charge >= 0.3 is 5.91 Å². The summed E-state index contributed by atoms with van der Waals surface area (Å²) in [6, 6.07) is 15.9. The fourth-order valence-electron chi connectivity index (χ4n) is 3.55. The van der Waals surface area contributed by atoms with Gasteiger partial charge in [0.1, 0.15) is 29.8 Å². The van der Waals surface area contributed by atoms with E-state index in [9.17, 15) is 19.1 Å². The molecule has 1 aliphatic rings. The summed E-state index contributed by atoms with van der Waals surface area (Å²) in [4.78, 5) is 31.4. The molecular weight excluding hydrogens is 411 g/mol. The number of amides is 1. The van der Waals surface area contributed by atoms with Gasteiger partial charge in [0.15, 0.2) is 0 Å². The number of aromatic nitrogens is 1. The van der Waals surface area contributed by atoms with Gasteiger partial charge < -0.3 is 9.84 Å². The second-order valence-corrected chi connectivity index (χ2v) is 7.03. The number of hydrogen-bond acceptors (Lipinski definition) is 5. The van der Waals surface area contributed by atoms with Crippen LogP contribution < -0.4 is 9.64 Å². The standard InChI is InChI=1S/C25H19FN2O4/c1-2-15-32-19-12-8-17(9-13-19)23(29)21-22(16-6-10-18(26)11-7-16)28(25(31)24(21)30)20-5-3-4-14-27-20/h2-14,22,29H,1,15H2/b23-21+. The third-order valence-corrected chi connectivity index (χ3v) is 5.02. The van der Waals surface area contributed by atoms with Gasteiger partial charge in [0.25, 0.3) is 5.78 Å². The van der Waals surface area contributed by atoms with Crippen molar-refractivity contribution in [1.29, 1.82) is 0 Å². The highest BCUT2D eigenvalue weighted by atomic mass is 19.1. The molecule has 0 radical (unpaired) electrons. The fraction of sp³-hybridized carbons (Fsp3) is 0.0800. The van der Waals surface area contributed by atoms with Gasteiger partial charge in [0.2, 0.25) is 0 Å². The molecule has 0 spiro atoms. The number of Topliss-reactive ketones (excluding diaryl/α,β-unsaturated/α-hetero) is 1. The van der Waals surface area contributed by atoms with E-state index in [0.717, 1.165) is 0 Å². The second-order valence-electron chi connectivity index (χ2n) is 7.03. The maximum absolute atomic E-state index is 13.6. The maximum Gasteiger partial charge on any atom is 0.301 e. The molecule has 4 rings (SSSR count). The third kappa shape index (κ3) is 3.88. The molecule has 6 nitrogen and oxygen atoms in total. The lowest BCUT2D eigenvalue weighted by Gasteiger charge is -2.24. The Balaban J connectivity index is 1.84. The Kier molecular flexibility index (Phi) is 5.81. The van der Waals surface area contributed by atoms with Crippen LogP contribution in [0.2, 0.25) is 0 Å². The molecule has 3 aromatic rings. The summed E-state index contributed by atoms with van der Waals surface area (Å²) in [5.74, 6) is -1.67. The quantitative estimate of drug-likeness (QED) is 0.271. The molecular formula is C25H19FN2O4. The predicted molar refractivity (Wildman–Crippen MR) is 118 cm³/mol. The van der Waals surface area contributed by atoms with Crippen molar-refractivity contribution in [2.24, 2.45) is 0 Å². The first kappa shape index (κ1) is 21.0. The number of rotatable bonds is 6. The molecule has 1 aromatic heterocycles. The summed E-state index contributed by atoms with van der Waals surface area (Å²) >= 11 is 0. The van der Waals surface area contributed by atoms with Gasteiger partial charge in [-0.3, -0.25) is 14.5 Å². The molecule has 7 heteroatoms. The first-order chi connectivity index (χ1) is 15.5. The average Bonchev–Trinajstić information content (AvgIpc) is 3.09. The van der Waals surface area contributed by atoms with Gasteiger partial charge in [0, 0.05) is 11.8 Å². The van der Waals surface area contributed by atoms with Gasteiger partial charge in [0.05, 0.1) is 11.6 Å². The molecule has 1 amide bonds. The lowest BCUT2D eigenvalue weighted by Crippen LogP contribution is -2.30. The zero-order valence-corrected chi connectivity index (χ0v) is 16.9. The van der Waals surface area contributed by atoms with E-state index < -0.39 is 23.5 Å². The highest BCUT2D eigenvalue weighted by Crippen LogP contribution is 2.41. The van der Waals surface area contributed by atoms with Gasteiger partial charge in [-0.25, -0.2) is 9.37 Å². The van der Waals surface area contributed by atoms with Crippen LogP contribution in [0.15, 0.2) is 91.2 Å². The highest BCUT2D eigenvalue weighted by Gasteiger charge is 2.47. The van der Waals surface area contributed by atoms with E-state index in [4.69, 9.17) is 4.74 Å². The number of carbonyl (C=O) groups excluding carboxylic acids is 2. The molecule has 1 atom stereocenters. The van der Waals surface area contributed by atoms with Crippen LogP contribution in [0.5, 0.6) is 5.75 Å². The van der Waals surface area contributed by atoms with E-state index in [1.807, 2.05) is 0 Å². The van der Waals surface area contributed by atoms with E-state index in [1.165, 1.54) is 35.4 Å². The molecule has 32 heavy (non-hydrogen) atoms. The Morgan fingerprint density at radius 2 is 1.81 bits per heavy atom. The number of nitrogens with zero attached hydrogens (tertiary/aromatic N) is 2. The minimum atomic E-state index is -0.970. The van der Waals surface area contributed by atoms with Crippen molar-refractivity contribution < 1.29 is 23.8 Å². The van der Waals surface area contributed by atoms with Crippen molar-refractivity contribution >= 4 is 23.3 Å². The Labute approximate surface area is 183 Å². The van der Waals surface area contributed by atoms with Crippen LogP contribution >= 0.6 is 0 Å². The smallest absolute Gasteiger partial charge is 0.301 e. The van der Waals surface area contributed by atoms with Crippen molar-refractivity contribution in [2.45, 2.75) is 6.04 Å². The van der Waals surface area contributed by atoms with Crippen LogP contribution in [0.1, 0.15) is 17.2 Å². The predicted octanol–water partition coefficient (Wildman–Crippen LogP) is 4.41. The molecule has 0 saturated carbocycles. The number of ketones is 1. The number of hydrogen-bond donors (Lipinski definition) is 1. The van der Waals surface area contributed by atoms with Crippen LogP contribution in [0.4, 0.5) is 10.2 Å². The number of aliphatic hydroxyl groups excluding tert-OH is 1. The van der Waals surface area contributed by atoms with Crippen LogP contribution in [-0.4, -0.2) is 28.4 Å². The zero-order chi connectivity index (χ0) is 22.7. The Morgan fingerprint density at radius 1 is 1.09 bits per heavy atom. The van der Waals surface area contributed by atoms with Crippen molar-refractivity contribution in [3.05, 3.63) is 108 Å².